The number of aromatic amines is 1. The molecule has 12 heteroatoms. The highest BCUT2D eigenvalue weighted by molar-refractivity contribution is 5.76. The number of ether oxygens (including phenoxy) is 5. The molecule has 46 heavy (non-hydrogen) atoms. The van der Waals surface area contributed by atoms with Gasteiger partial charge in [0.15, 0.2) is 0 Å². The largest absolute Gasteiger partial charge is 0.497 e. The van der Waals surface area contributed by atoms with Gasteiger partial charge in [0.05, 0.1) is 46.8 Å². The Morgan fingerprint density at radius 3 is 1.93 bits per heavy atom. The van der Waals surface area contributed by atoms with Gasteiger partial charge in [-0.2, -0.15) is 0 Å². The first kappa shape index (κ1) is 33.7. The van der Waals surface area contributed by atoms with Gasteiger partial charge in [0.1, 0.15) is 29.8 Å². The molecule has 0 aliphatic heterocycles. The van der Waals surface area contributed by atoms with Crippen LogP contribution in [0.25, 0.3) is 0 Å². The van der Waals surface area contributed by atoms with Gasteiger partial charge in [0.2, 0.25) is 0 Å². The number of benzene rings is 3. The Morgan fingerprint density at radius 1 is 0.804 bits per heavy atom. The number of aliphatic carboxylic acids is 1. The second-order valence-corrected chi connectivity index (χ2v) is 10.2. The minimum Gasteiger partial charge on any atom is -0.497 e. The summed E-state index contributed by atoms with van der Waals surface area (Å²) in [5.74, 6) is -0.501. The molecule has 0 bridgehead atoms. The van der Waals surface area contributed by atoms with Crippen molar-refractivity contribution in [3.05, 3.63) is 129 Å². The van der Waals surface area contributed by atoms with Crippen LogP contribution in [0.2, 0.25) is 0 Å². The fourth-order valence-corrected chi connectivity index (χ4v) is 4.84. The van der Waals surface area contributed by atoms with Crippen molar-refractivity contribution >= 4 is 11.9 Å². The fourth-order valence-electron chi connectivity index (χ4n) is 4.84. The number of hydrogen-bond acceptors (Lipinski definition) is 9. The third kappa shape index (κ3) is 8.71. The molecule has 3 aromatic carbocycles. The van der Waals surface area contributed by atoms with Crippen LogP contribution in [-0.2, 0) is 35.9 Å². The number of H-pyrrole nitrogens is 1. The molecule has 4 aromatic rings. The molecule has 0 saturated heterocycles. The topological polar surface area (TPSA) is 155 Å². The summed E-state index contributed by atoms with van der Waals surface area (Å²) in [5.41, 5.74) is 0.0812. The zero-order valence-electron chi connectivity index (χ0n) is 25.5. The molecule has 2 N–H and O–H groups in total. The Bertz CT molecular complexity index is 1630. The van der Waals surface area contributed by atoms with E-state index in [0.29, 0.717) is 11.5 Å². The molecule has 0 radical (unpaired) electrons. The van der Waals surface area contributed by atoms with E-state index >= 15 is 0 Å². The Labute approximate surface area is 265 Å². The van der Waals surface area contributed by atoms with Gasteiger partial charge in [0, 0.05) is 12.3 Å². The van der Waals surface area contributed by atoms with Crippen molar-refractivity contribution in [2.24, 2.45) is 0 Å². The van der Waals surface area contributed by atoms with Crippen LogP contribution in [0.1, 0.15) is 29.5 Å². The van der Waals surface area contributed by atoms with Crippen LogP contribution >= 0.6 is 0 Å². The van der Waals surface area contributed by atoms with E-state index in [2.05, 4.69) is 4.98 Å². The van der Waals surface area contributed by atoms with E-state index < -0.39 is 34.9 Å². The second-order valence-electron chi connectivity index (χ2n) is 10.2. The van der Waals surface area contributed by atoms with Crippen LogP contribution < -0.4 is 20.7 Å². The number of aromatic nitrogens is 2. The predicted octanol–water partition coefficient (Wildman–Crippen LogP) is 3.36. The molecule has 0 aliphatic carbocycles. The Hall–Kier alpha value is -5.20. The number of carbonyl (C=O) groups is 2. The van der Waals surface area contributed by atoms with E-state index in [1.807, 2.05) is 78.9 Å². The van der Waals surface area contributed by atoms with Crippen molar-refractivity contribution in [1.29, 1.82) is 0 Å². The summed E-state index contributed by atoms with van der Waals surface area (Å²) < 4.78 is 30.4. The normalized spacial score (nSPS) is 11.9. The highest BCUT2D eigenvalue weighted by atomic mass is 16.6. The average molecular weight is 633 g/mol. The number of methoxy groups -OCH3 is 2. The second kappa shape index (κ2) is 16.2. The number of hydrogen-bond donors (Lipinski definition) is 2. The van der Waals surface area contributed by atoms with Gasteiger partial charge in [-0.1, -0.05) is 54.6 Å². The van der Waals surface area contributed by atoms with Gasteiger partial charge in [-0.25, -0.2) is 4.79 Å². The maximum Gasteiger partial charge on any atom is 0.328 e. The SMILES string of the molecule is COc1ccc(C(OCC(COC(=O)CCC(=O)O)OCCn2ccc(=O)[nH]c2=O)(c2ccccc2)c2ccc(OC)cc2)cc1. The van der Waals surface area contributed by atoms with E-state index in [0.717, 1.165) is 16.7 Å². The zero-order chi connectivity index (χ0) is 32.9. The lowest BCUT2D eigenvalue weighted by molar-refractivity contribution is -0.154. The van der Waals surface area contributed by atoms with E-state index in [1.54, 1.807) is 14.2 Å². The Morgan fingerprint density at radius 2 is 1.39 bits per heavy atom. The van der Waals surface area contributed by atoms with Crippen LogP contribution in [0.4, 0.5) is 0 Å². The summed E-state index contributed by atoms with van der Waals surface area (Å²) in [5, 5.41) is 8.95. The number of nitrogens with one attached hydrogen (secondary N) is 1. The molecule has 12 nitrogen and oxygen atoms in total. The molecule has 0 aliphatic rings. The van der Waals surface area contributed by atoms with Crippen molar-refractivity contribution in [3.63, 3.8) is 0 Å². The third-order valence-electron chi connectivity index (χ3n) is 7.21. The van der Waals surface area contributed by atoms with Gasteiger partial charge in [-0.3, -0.25) is 23.9 Å². The van der Waals surface area contributed by atoms with Crippen molar-refractivity contribution in [3.8, 4) is 11.5 Å². The monoisotopic (exact) mass is 632 g/mol. The number of carboxylic acids is 1. The molecule has 0 saturated carbocycles. The van der Waals surface area contributed by atoms with Crippen LogP contribution in [0.15, 0.2) is 101 Å². The van der Waals surface area contributed by atoms with Crippen molar-refractivity contribution in [2.45, 2.75) is 31.1 Å². The molecule has 0 spiro atoms. The Kier molecular flexibility index (Phi) is 11.9. The third-order valence-corrected chi connectivity index (χ3v) is 7.21. The highest BCUT2D eigenvalue weighted by Gasteiger charge is 2.38. The molecule has 4 rings (SSSR count). The number of rotatable bonds is 17. The van der Waals surface area contributed by atoms with Crippen LogP contribution in [0.3, 0.4) is 0 Å². The average Bonchev–Trinajstić information content (AvgIpc) is 3.08. The first-order valence-electron chi connectivity index (χ1n) is 14.5. The molecular formula is C34H36N2O10. The summed E-state index contributed by atoms with van der Waals surface area (Å²) in [6.07, 6.45) is -0.147. The summed E-state index contributed by atoms with van der Waals surface area (Å²) in [6, 6.07) is 25.8. The van der Waals surface area contributed by atoms with E-state index in [9.17, 15) is 19.2 Å². The minimum atomic E-state index is -1.18. The Balaban J connectivity index is 1.68. The predicted molar refractivity (Wildman–Crippen MR) is 167 cm³/mol. The van der Waals surface area contributed by atoms with E-state index in [4.69, 9.17) is 28.8 Å². The zero-order valence-corrected chi connectivity index (χ0v) is 25.5. The van der Waals surface area contributed by atoms with Gasteiger partial charge in [0.25, 0.3) is 5.56 Å². The first-order valence-corrected chi connectivity index (χ1v) is 14.5. The molecule has 1 unspecified atom stereocenters. The number of nitrogens with zero attached hydrogens (tertiary/aromatic N) is 1. The molecule has 1 aromatic heterocycles. The maximum absolute atomic E-state index is 12.3. The number of esters is 1. The van der Waals surface area contributed by atoms with Gasteiger partial charge < -0.3 is 28.8 Å². The first-order chi connectivity index (χ1) is 22.2. The molecule has 1 heterocycles. The van der Waals surface area contributed by atoms with Crippen molar-refractivity contribution in [1.82, 2.24) is 9.55 Å². The molecule has 0 fully saturated rings. The molecule has 242 valence electrons. The standard InChI is InChI=1S/C34H36N2O10/c1-42-27-12-8-25(9-13-27)34(24-6-4-3-5-7-24,26-10-14-28(43-2)15-11-26)46-23-29(22-45-32(40)17-16-31(38)39)44-21-20-36-19-18-30(37)35-33(36)41/h3-15,18-19,29H,16-17,20-23H2,1-2H3,(H,38,39)(H,35,37,41). The number of carboxylic acid groups (broad SMARTS) is 1. The van der Waals surface area contributed by atoms with Crippen LogP contribution in [0.5, 0.6) is 11.5 Å². The maximum atomic E-state index is 12.3. The summed E-state index contributed by atoms with van der Waals surface area (Å²) in [6.45, 7) is -0.218. The molecule has 1 atom stereocenters. The lowest BCUT2D eigenvalue weighted by Crippen LogP contribution is -2.38. The van der Waals surface area contributed by atoms with E-state index in [1.165, 1.54) is 16.8 Å². The molecule has 0 amide bonds. The highest BCUT2D eigenvalue weighted by Crippen LogP contribution is 2.41. The van der Waals surface area contributed by atoms with Gasteiger partial charge in [-0.05, 0) is 41.0 Å². The fraction of sp³-hybridized carbons (Fsp3) is 0.294. The minimum absolute atomic E-state index is 0.00998. The summed E-state index contributed by atoms with van der Waals surface area (Å²) in [4.78, 5) is 49.1. The van der Waals surface area contributed by atoms with Crippen LogP contribution in [-0.4, -0.2) is 66.7 Å². The van der Waals surface area contributed by atoms with Gasteiger partial charge in [-0.15, -0.1) is 0 Å². The summed E-state index contributed by atoms with van der Waals surface area (Å²) in [7, 11) is 3.17. The summed E-state index contributed by atoms with van der Waals surface area (Å²) >= 11 is 0. The lowest BCUT2D eigenvalue weighted by atomic mass is 9.80. The lowest BCUT2D eigenvalue weighted by Gasteiger charge is -2.37. The quantitative estimate of drug-likeness (QED) is 0.131. The van der Waals surface area contributed by atoms with Gasteiger partial charge >= 0.3 is 17.6 Å². The van der Waals surface area contributed by atoms with Crippen LogP contribution in [0, 0.1) is 0 Å². The van der Waals surface area contributed by atoms with E-state index in [-0.39, 0.29) is 39.2 Å². The number of carbonyl (C=O) groups excluding carboxylic acids is 1. The van der Waals surface area contributed by atoms with Crippen molar-refractivity contribution in [2.75, 3.05) is 34.0 Å². The molecular weight excluding hydrogens is 596 g/mol. The van der Waals surface area contributed by atoms with Crippen molar-refractivity contribution < 1.29 is 38.4 Å². The smallest absolute Gasteiger partial charge is 0.328 e.